The highest BCUT2D eigenvalue weighted by Gasteiger charge is 2.29. The zero-order valence-corrected chi connectivity index (χ0v) is 12.0. The topological polar surface area (TPSA) is 51.2 Å². The van der Waals surface area contributed by atoms with Crippen LogP contribution in [-0.4, -0.2) is 16.5 Å². The van der Waals surface area contributed by atoms with Crippen LogP contribution in [0.3, 0.4) is 0 Å². The van der Waals surface area contributed by atoms with Crippen LogP contribution in [0.4, 0.5) is 4.39 Å². The molecule has 5 heteroatoms. The number of nitrogens with one attached hydrogen (secondary N) is 1. The minimum absolute atomic E-state index is 0.247. The fourth-order valence-corrected chi connectivity index (χ4v) is 1.74. The molecule has 0 bridgehead atoms. The van der Waals surface area contributed by atoms with E-state index in [0.29, 0.717) is 12.3 Å². The Bertz CT molecular complexity index is 597. The second-order valence-electron chi connectivity index (χ2n) is 5.10. The fraction of sp³-hybridized carbons (Fsp3) is 0.250. The number of hydrogen-bond acceptors (Lipinski definition) is 3. The molecule has 2 rings (SSSR count). The summed E-state index contributed by atoms with van der Waals surface area (Å²) in [6.07, 6.45) is 3.34. The first-order chi connectivity index (χ1) is 9.97. The van der Waals surface area contributed by atoms with Crippen molar-refractivity contribution in [2.24, 2.45) is 0 Å². The number of halogens is 1. The number of ether oxygens (including phenoxy) is 1. The van der Waals surface area contributed by atoms with E-state index < -0.39 is 5.60 Å². The summed E-state index contributed by atoms with van der Waals surface area (Å²) in [5, 5.41) is 2.81. The third-order valence-electron chi connectivity index (χ3n) is 2.94. The van der Waals surface area contributed by atoms with Crippen molar-refractivity contribution in [3.63, 3.8) is 0 Å². The highest BCUT2D eigenvalue weighted by Crippen LogP contribution is 2.19. The number of rotatable bonds is 5. The number of pyridine rings is 1. The Kier molecular flexibility index (Phi) is 4.52. The lowest BCUT2D eigenvalue weighted by molar-refractivity contribution is -0.134. The van der Waals surface area contributed by atoms with Crippen LogP contribution >= 0.6 is 0 Å². The van der Waals surface area contributed by atoms with Gasteiger partial charge >= 0.3 is 0 Å². The van der Waals surface area contributed by atoms with E-state index in [-0.39, 0.29) is 11.7 Å². The minimum Gasteiger partial charge on any atom is -0.478 e. The molecule has 0 fully saturated rings. The second-order valence-corrected chi connectivity index (χ2v) is 5.10. The van der Waals surface area contributed by atoms with E-state index in [1.807, 2.05) is 12.1 Å². The molecular formula is C16H17FN2O2. The zero-order chi connectivity index (χ0) is 15.3. The van der Waals surface area contributed by atoms with Gasteiger partial charge in [0.1, 0.15) is 11.6 Å². The van der Waals surface area contributed by atoms with Gasteiger partial charge in [-0.15, -0.1) is 0 Å². The first-order valence-corrected chi connectivity index (χ1v) is 6.59. The molecule has 0 spiro atoms. The van der Waals surface area contributed by atoms with E-state index in [1.165, 1.54) is 24.3 Å². The number of benzene rings is 1. The van der Waals surface area contributed by atoms with E-state index in [2.05, 4.69) is 10.3 Å². The number of aromatic nitrogens is 1. The first-order valence-electron chi connectivity index (χ1n) is 6.59. The standard InChI is InChI=1S/C16H17FN2O2/c1-16(2,21-14-5-3-13(17)4-6-14)15(20)19-11-12-7-9-18-10-8-12/h3-10H,11H2,1-2H3,(H,19,20). The minimum atomic E-state index is -1.05. The molecule has 1 N–H and O–H groups in total. The Morgan fingerprint density at radius 2 is 1.81 bits per heavy atom. The second kappa shape index (κ2) is 6.35. The highest BCUT2D eigenvalue weighted by molar-refractivity contribution is 5.84. The normalized spacial score (nSPS) is 11.0. The lowest BCUT2D eigenvalue weighted by atomic mass is 10.1. The van der Waals surface area contributed by atoms with Crippen molar-refractivity contribution in [2.45, 2.75) is 26.0 Å². The van der Waals surface area contributed by atoms with Gasteiger partial charge in [0.25, 0.3) is 5.91 Å². The molecular weight excluding hydrogens is 271 g/mol. The molecule has 0 aliphatic heterocycles. The van der Waals surface area contributed by atoms with E-state index >= 15 is 0 Å². The van der Waals surface area contributed by atoms with Crippen LogP contribution in [0.2, 0.25) is 0 Å². The summed E-state index contributed by atoms with van der Waals surface area (Å²) in [4.78, 5) is 16.1. The van der Waals surface area contributed by atoms with E-state index in [1.54, 1.807) is 26.2 Å². The maximum absolute atomic E-state index is 12.8. The Labute approximate surface area is 123 Å². The molecule has 21 heavy (non-hydrogen) atoms. The molecule has 0 saturated carbocycles. The average Bonchev–Trinajstić information content (AvgIpc) is 2.48. The van der Waals surface area contributed by atoms with Gasteiger partial charge in [-0.05, 0) is 55.8 Å². The average molecular weight is 288 g/mol. The molecule has 0 unspecified atom stereocenters. The van der Waals surface area contributed by atoms with Gasteiger partial charge in [0.2, 0.25) is 0 Å². The summed E-state index contributed by atoms with van der Waals surface area (Å²) < 4.78 is 18.5. The summed E-state index contributed by atoms with van der Waals surface area (Å²) in [7, 11) is 0. The summed E-state index contributed by atoms with van der Waals surface area (Å²) in [6.45, 7) is 3.73. The van der Waals surface area contributed by atoms with Crippen molar-refractivity contribution in [1.82, 2.24) is 10.3 Å². The fourth-order valence-electron chi connectivity index (χ4n) is 1.74. The SMILES string of the molecule is CC(C)(Oc1ccc(F)cc1)C(=O)NCc1ccncc1. The van der Waals surface area contributed by atoms with Crippen LogP contribution in [0.1, 0.15) is 19.4 Å². The number of carbonyl (C=O) groups is 1. The molecule has 0 atom stereocenters. The molecule has 0 radical (unpaired) electrons. The Morgan fingerprint density at radius 1 is 1.19 bits per heavy atom. The quantitative estimate of drug-likeness (QED) is 0.920. The lowest BCUT2D eigenvalue weighted by Crippen LogP contribution is -2.46. The van der Waals surface area contributed by atoms with Crippen LogP contribution in [0.15, 0.2) is 48.8 Å². The van der Waals surface area contributed by atoms with Crippen molar-refractivity contribution in [3.05, 3.63) is 60.2 Å². The molecule has 0 aliphatic rings. The molecule has 0 aliphatic carbocycles. The van der Waals surface area contributed by atoms with Gasteiger partial charge in [-0.1, -0.05) is 0 Å². The van der Waals surface area contributed by atoms with Gasteiger partial charge in [0, 0.05) is 18.9 Å². The summed E-state index contributed by atoms with van der Waals surface area (Å²) in [5.74, 6) is -0.147. The maximum Gasteiger partial charge on any atom is 0.263 e. The van der Waals surface area contributed by atoms with Gasteiger partial charge in [0.15, 0.2) is 5.60 Å². The molecule has 1 aromatic heterocycles. The van der Waals surface area contributed by atoms with Crippen LogP contribution in [-0.2, 0) is 11.3 Å². The maximum atomic E-state index is 12.8. The lowest BCUT2D eigenvalue weighted by Gasteiger charge is -2.25. The molecule has 1 heterocycles. The van der Waals surface area contributed by atoms with Crippen molar-refractivity contribution in [3.8, 4) is 5.75 Å². The Balaban J connectivity index is 1.95. The summed E-state index contributed by atoms with van der Waals surface area (Å²) in [6, 6.07) is 9.23. The van der Waals surface area contributed by atoms with Gasteiger partial charge in [0.05, 0.1) is 0 Å². The van der Waals surface area contributed by atoms with Crippen LogP contribution < -0.4 is 10.1 Å². The van der Waals surface area contributed by atoms with Gasteiger partial charge in [-0.25, -0.2) is 4.39 Å². The van der Waals surface area contributed by atoms with Gasteiger partial charge in [-0.2, -0.15) is 0 Å². The molecule has 1 aromatic carbocycles. The largest absolute Gasteiger partial charge is 0.478 e. The Morgan fingerprint density at radius 3 is 2.43 bits per heavy atom. The number of amides is 1. The van der Waals surface area contributed by atoms with Crippen molar-refractivity contribution >= 4 is 5.91 Å². The predicted molar refractivity (Wildman–Crippen MR) is 77.2 cm³/mol. The molecule has 2 aromatic rings. The van der Waals surface area contributed by atoms with E-state index in [0.717, 1.165) is 5.56 Å². The molecule has 110 valence electrons. The van der Waals surface area contributed by atoms with Gasteiger partial charge < -0.3 is 10.1 Å². The number of nitrogens with zero attached hydrogens (tertiary/aromatic N) is 1. The highest BCUT2D eigenvalue weighted by atomic mass is 19.1. The van der Waals surface area contributed by atoms with Crippen molar-refractivity contribution in [1.29, 1.82) is 0 Å². The zero-order valence-electron chi connectivity index (χ0n) is 12.0. The molecule has 0 saturated heterocycles. The third-order valence-corrected chi connectivity index (χ3v) is 2.94. The van der Waals surface area contributed by atoms with Crippen molar-refractivity contribution < 1.29 is 13.9 Å². The monoisotopic (exact) mass is 288 g/mol. The van der Waals surface area contributed by atoms with Gasteiger partial charge in [-0.3, -0.25) is 9.78 Å². The van der Waals surface area contributed by atoms with E-state index in [4.69, 9.17) is 4.74 Å². The smallest absolute Gasteiger partial charge is 0.263 e. The van der Waals surface area contributed by atoms with Crippen LogP contribution in [0.25, 0.3) is 0 Å². The summed E-state index contributed by atoms with van der Waals surface area (Å²) in [5.41, 5.74) is -0.0962. The molecule has 4 nitrogen and oxygen atoms in total. The Hall–Kier alpha value is -2.43. The van der Waals surface area contributed by atoms with E-state index in [9.17, 15) is 9.18 Å². The molecule has 1 amide bonds. The predicted octanol–water partition coefficient (Wildman–Crippen LogP) is 2.69. The van der Waals surface area contributed by atoms with Crippen molar-refractivity contribution in [2.75, 3.05) is 0 Å². The first kappa shape index (κ1) is 15.0. The van der Waals surface area contributed by atoms with Crippen LogP contribution in [0, 0.1) is 5.82 Å². The number of carbonyl (C=O) groups excluding carboxylic acids is 1. The number of hydrogen-bond donors (Lipinski definition) is 1. The third kappa shape index (κ3) is 4.27. The summed E-state index contributed by atoms with van der Waals surface area (Å²) >= 11 is 0. The van der Waals surface area contributed by atoms with Crippen LogP contribution in [0.5, 0.6) is 5.75 Å².